The maximum Gasteiger partial charge on any atom is 0.326 e. The van der Waals surface area contributed by atoms with Gasteiger partial charge in [0.05, 0.1) is 18.9 Å². The maximum absolute atomic E-state index is 13.1. The Bertz CT molecular complexity index is 956. The zero-order valence-electron chi connectivity index (χ0n) is 20.2. The van der Waals surface area contributed by atoms with Gasteiger partial charge >= 0.3 is 5.97 Å². The van der Waals surface area contributed by atoms with Crippen molar-refractivity contribution >= 4 is 35.5 Å². The summed E-state index contributed by atoms with van der Waals surface area (Å²) in [6.45, 7) is 3.49. The van der Waals surface area contributed by atoms with E-state index < -0.39 is 78.4 Å². The second-order valence-electron chi connectivity index (χ2n) is 8.47. The van der Waals surface area contributed by atoms with Crippen LogP contribution in [-0.2, 0) is 35.2 Å². The molecule has 198 valence electrons. The number of carbonyl (C=O) groups is 6. The van der Waals surface area contributed by atoms with E-state index in [2.05, 4.69) is 16.0 Å². The molecule has 5 atom stereocenters. The fraction of sp³-hybridized carbons (Fsp3) is 0.478. The predicted octanol–water partition coefficient (Wildman–Crippen LogP) is -2.11. The summed E-state index contributed by atoms with van der Waals surface area (Å²) in [7, 11) is 0. The molecule has 10 N–H and O–H groups in total. The highest BCUT2D eigenvalue weighted by Gasteiger charge is 2.33. The number of aliphatic carboxylic acids is 1. The third-order valence-electron chi connectivity index (χ3n) is 5.49. The van der Waals surface area contributed by atoms with Crippen LogP contribution in [0.4, 0.5) is 0 Å². The van der Waals surface area contributed by atoms with Crippen molar-refractivity contribution in [1.29, 1.82) is 0 Å². The first kappa shape index (κ1) is 30.0. The van der Waals surface area contributed by atoms with Crippen LogP contribution >= 0.6 is 0 Å². The van der Waals surface area contributed by atoms with Gasteiger partial charge in [0.15, 0.2) is 0 Å². The Labute approximate surface area is 208 Å². The molecule has 0 aromatic heterocycles. The second kappa shape index (κ2) is 14.4. The van der Waals surface area contributed by atoms with Gasteiger partial charge in [-0.2, -0.15) is 0 Å². The van der Waals surface area contributed by atoms with E-state index in [0.29, 0.717) is 6.42 Å². The van der Waals surface area contributed by atoms with E-state index in [1.165, 1.54) is 0 Å². The number of primary amides is 2. The van der Waals surface area contributed by atoms with Crippen LogP contribution in [0.1, 0.15) is 38.7 Å². The number of carbonyl (C=O) groups excluding carboxylic acids is 5. The highest BCUT2D eigenvalue weighted by atomic mass is 16.4. The molecule has 36 heavy (non-hydrogen) atoms. The number of benzene rings is 1. The lowest BCUT2D eigenvalue weighted by atomic mass is 9.96. The van der Waals surface area contributed by atoms with Crippen LogP contribution in [0.15, 0.2) is 30.3 Å². The number of carboxylic acids is 1. The Hall–Kier alpha value is -4.00. The number of nitrogens with one attached hydrogen (secondary N) is 3. The Morgan fingerprint density at radius 3 is 1.86 bits per heavy atom. The molecule has 5 amide bonds. The van der Waals surface area contributed by atoms with Crippen molar-refractivity contribution in [3.63, 3.8) is 0 Å². The summed E-state index contributed by atoms with van der Waals surface area (Å²) < 4.78 is 0. The Morgan fingerprint density at radius 2 is 1.36 bits per heavy atom. The molecular weight excluding hydrogens is 472 g/mol. The van der Waals surface area contributed by atoms with E-state index in [1.807, 2.05) is 18.2 Å². The fourth-order valence-electron chi connectivity index (χ4n) is 3.27. The van der Waals surface area contributed by atoms with Gasteiger partial charge in [0.25, 0.3) is 0 Å². The third-order valence-corrected chi connectivity index (χ3v) is 5.49. The van der Waals surface area contributed by atoms with Crippen molar-refractivity contribution in [2.24, 2.45) is 23.1 Å². The monoisotopic (exact) mass is 506 g/mol. The lowest BCUT2D eigenvalue weighted by Crippen LogP contribution is -2.59. The van der Waals surface area contributed by atoms with Gasteiger partial charge in [0.2, 0.25) is 29.5 Å². The summed E-state index contributed by atoms with van der Waals surface area (Å²) in [6, 6.07) is 3.73. The molecule has 0 saturated carbocycles. The largest absolute Gasteiger partial charge is 0.480 e. The second-order valence-corrected chi connectivity index (χ2v) is 8.47. The lowest BCUT2D eigenvalue weighted by Gasteiger charge is -2.27. The summed E-state index contributed by atoms with van der Waals surface area (Å²) in [5.74, 6) is -6.32. The first-order valence-electron chi connectivity index (χ1n) is 11.4. The molecule has 0 saturated heterocycles. The van der Waals surface area contributed by atoms with Crippen LogP contribution in [0.2, 0.25) is 0 Å². The number of hydrogen-bond donors (Lipinski definition) is 7. The number of rotatable bonds is 15. The average Bonchev–Trinajstić information content (AvgIpc) is 2.80. The molecule has 0 radical (unpaired) electrons. The minimum Gasteiger partial charge on any atom is -0.480 e. The van der Waals surface area contributed by atoms with Crippen molar-refractivity contribution < 1.29 is 33.9 Å². The number of amides is 5. The molecule has 0 bridgehead atoms. The van der Waals surface area contributed by atoms with Crippen LogP contribution < -0.4 is 33.2 Å². The topological polar surface area (TPSA) is 237 Å². The summed E-state index contributed by atoms with van der Waals surface area (Å²) >= 11 is 0. The molecule has 0 fully saturated rings. The molecule has 13 heteroatoms. The zero-order chi connectivity index (χ0) is 27.4. The van der Waals surface area contributed by atoms with E-state index in [0.717, 1.165) is 5.56 Å². The van der Waals surface area contributed by atoms with Crippen LogP contribution in [0.5, 0.6) is 0 Å². The minimum absolute atomic E-state index is 0.227. The van der Waals surface area contributed by atoms with Gasteiger partial charge in [0, 0.05) is 0 Å². The van der Waals surface area contributed by atoms with Crippen molar-refractivity contribution in [2.45, 2.75) is 63.7 Å². The zero-order valence-corrected chi connectivity index (χ0v) is 20.2. The van der Waals surface area contributed by atoms with Gasteiger partial charge in [-0.15, -0.1) is 0 Å². The van der Waals surface area contributed by atoms with Gasteiger partial charge in [-0.1, -0.05) is 50.6 Å². The molecular formula is C23H34N6O7. The van der Waals surface area contributed by atoms with Crippen LogP contribution in [0.3, 0.4) is 0 Å². The Balaban J connectivity index is 3.00. The molecule has 1 rings (SSSR count). The normalized spacial score (nSPS) is 14.9. The molecule has 0 heterocycles. The van der Waals surface area contributed by atoms with Gasteiger partial charge in [-0.3, -0.25) is 24.0 Å². The molecule has 0 aliphatic heterocycles. The van der Waals surface area contributed by atoms with Crippen molar-refractivity contribution in [3.8, 4) is 0 Å². The van der Waals surface area contributed by atoms with Gasteiger partial charge < -0.3 is 38.3 Å². The molecule has 0 spiro atoms. The molecule has 0 aliphatic rings. The van der Waals surface area contributed by atoms with Gasteiger partial charge in [-0.25, -0.2) is 4.79 Å². The van der Waals surface area contributed by atoms with E-state index in [4.69, 9.17) is 17.2 Å². The van der Waals surface area contributed by atoms with Crippen LogP contribution in [0, 0.1) is 5.92 Å². The SMILES string of the molecule is CCC(C)C(NC(=O)C(N)Cc1ccccc1)C(=O)NC(CC(N)=O)C(=O)NC(CC(N)=O)C(=O)O. The highest BCUT2D eigenvalue weighted by Crippen LogP contribution is 2.10. The first-order valence-corrected chi connectivity index (χ1v) is 11.4. The van der Waals surface area contributed by atoms with Crippen LogP contribution in [-0.4, -0.2) is 64.8 Å². The number of nitrogens with two attached hydrogens (primary N) is 3. The maximum atomic E-state index is 13.1. The van der Waals surface area contributed by atoms with Crippen molar-refractivity contribution in [1.82, 2.24) is 16.0 Å². The Kier molecular flexibility index (Phi) is 12.0. The standard InChI is InChI=1S/C23H34N6O7/c1-3-12(2)19(29-20(32)14(24)9-13-7-5-4-6-8-13)22(34)27-15(10-17(25)30)21(33)28-16(23(35)36)11-18(26)31/h4-8,12,14-16,19H,3,9-11,24H2,1-2H3,(H2,25,30)(H2,26,31)(H,27,34)(H,28,33)(H,29,32)(H,35,36). The predicted molar refractivity (Wildman–Crippen MR) is 129 cm³/mol. The first-order chi connectivity index (χ1) is 16.8. The van der Waals surface area contributed by atoms with E-state index in [9.17, 15) is 33.9 Å². The van der Waals surface area contributed by atoms with Crippen molar-refractivity contribution in [3.05, 3.63) is 35.9 Å². The molecule has 1 aromatic rings. The minimum atomic E-state index is -1.68. The fourth-order valence-corrected chi connectivity index (χ4v) is 3.27. The van der Waals surface area contributed by atoms with E-state index in [1.54, 1.807) is 26.0 Å². The summed E-state index contributed by atoms with van der Waals surface area (Å²) in [6.07, 6.45) is -0.665. The van der Waals surface area contributed by atoms with Crippen LogP contribution in [0.25, 0.3) is 0 Å². The molecule has 0 aliphatic carbocycles. The highest BCUT2D eigenvalue weighted by molar-refractivity contribution is 5.96. The molecule has 5 unspecified atom stereocenters. The summed E-state index contributed by atoms with van der Waals surface area (Å²) in [4.78, 5) is 72.4. The lowest BCUT2D eigenvalue weighted by molar-refractivity contribution is -0.144. The van der Waals surface area contributed by atoms with Crippen molar-refractivity contribution in [2.75, 3.05) is 0 Å². The Morgan fingerprint density at radius 1 is 0.833 bits per heavy atom. The number of hydrogen-bond acceptors (Lipinski definition) is 7. The summed E-state index contributed by atoms with van der Waals surface area (Å²) in [5.41, 5.74) is 17.0. The molecule has 1 aromatic carbocycles. The smallest absolute Gasteiger partial charge is 0.326 e. The molecule has 13 nitrogen and oxygen atoms in total. The van der Waals surface area contributed by atoms with Gasteiger partial charge in [0.1, 0.15) is 18.1 Å². The van der Waals surface area contributed by atoms with E-state index in [-0.39, 0.29) is 6.42 Å². The third kappa shape index (κ3) is 10.1. The van der Waals surface area contributed by atoms with E-state index >= 15 is 0 Å². The quantitative estimate of drug-likeness (QED) is 0.139. The number of carboxylic acid groups (broad SMARTS) is 1. The average molecular weight is 507 g/mol. The summed E-state index contributed by atoms with van der Waals surface area (Å²) in [5, 5.41) is 16.2. The van der Waals surface area contributed by atoms with Gasteiger partial charge in [-0.05, 0) is 17.9 Å².